The van der Waals surface area contributed by atoms with Crippen molar-refractivity contribution < 1.29 is 23.1 Å². The Morgan fingerprint density at radius 2 is 1.95 bits per heavy atom. The highest BCUT2D eigenvalue weighted by Gasteiger charge is 2.20. The Morgan fingerprint density at radius 3 is 2.64 bits per heavy atom. The van der Waals surface area contributed by atoms with Crippen LogP contribution in [0.25, 0.3) is 0 Å². The maximum Gasteiger partial charge on any atom is 0.387 e. The smallest absolute Gasteiger partial charge is 0.387 e. The van der Waals surface area contributed by atoms with Gasteiger partial charge in [-0.15, -0.1) is 0 Å². The largest absolute Gasteiger partial charge is 0.439 e. The number of hydrogen-bond acceptors (Lipinski definition) is 3. The van der Waals surface area contributed by atoms with Crippen LogP contribution in [0.4, 0.5) is 8.78 Å². The van der Waals surface area contributed by atoms with Crippen molar-refractivity contribution >= 4 is 27.5 Å². The number of halogens is 3. The molecule has 0 heterocycles. The number of carbonyl (C=O) groups excluding carboxylic acids is 2. The Labute approximate surface area is 134 Å². The van der Waals surface area contributed by atoms with Crippen molar-refractivity contribution in [1.82, 2.24) is 0 Å². The van der Waals surface area contributed by atoms with Crippen molar-refractivity contribution in [1.29, 1.82) is 0 Å². The summed E-state index contributed by atoms with van der Waals surface area (Å²) in [6, 6.07) is 6.47. The predicted octanol–water partition coefficient (Wildman–Crippen LogP) is 4.21. The number of allylic oxidation sites excluding steroid dienone is 5. The van der Waals surface area contributed by atoms with Crippen molar-refractivity contribution in [3.63, 3.8) is 0 Å². The molecule has 0 N–H and O–H groups in total. The number of rotatable bonds is 5. The van der Waals surface area contributed by atoms with Crippen LogP contribution in [0.15, 0.2) is 64.4 Å². The van der Waals surface area contributed by atoms with Gasteiger partial charge in [-0.25, -0.2) is 0 Å². The second-order valence-corrected chi connectivity index (χ2v) is 5.32. The van der Waals surface area contributed by atoms with E-state index >= 15 is 0 Å². The van der Waals surface area contributed by atoms with Gasteiger partial charge in [0.15, 0.2) is 0 Å². The third-order valence-corrected chi connectivity index (χ3v) is 3.35. The van der Waals surface area contributed by atoms with Gasteiger partial charge in [0, 0.05) is 22.0 Å². The molecule has 2 rings (SSSR count). The van der Waals surface area contributed by atoms with Crippen molar-refractivity contribution in [3.05, 3.63) is 69.9 Å². The summed E-state index contributed by atoms with van der Waals surface area (Å²) in [7, 11) is 0. The van der Waals surface area contributed by atoms with Crippen molar-refractivity contribution in [2.24, 2.45) is 0 Å². The zero-order valence-corrected chi connectivity index (χ0v) is 12.8. The molecule has 3 nitrogen and oxygen atoms in total. The van der Waals surface area contributed by atoms with Crippen LogP contribution in [0.2, 0.25) is 0 Å². The number of carbonyl (C=O) groups is 2. The van der Waals surface area contributed by atoms with E-state index in [0.717, 1.165) is 0 Å². The zero-order chi connectivity index (χ0) is 16.1. The van der Waals surface area contributed by atoms with Gasteiger partial charge < -0.3 is 4.74 Å². The maximum absolute atomic E-state index is 12.2. The van der Waals surface area contributed by atoms with Gasteiger partial charge in [-0.2, -0.15) is 8.78 Å². The number of ketones is 2. The first-order valence-corrected chi connectivity index (χ1v) is 7.13. The van der Waals surface area contributed by atoms with Gasteiger partial charge in [0.2, 0.25) is 11.6 Å². The van der Waals surface area contributed by atoms with Gasteiger partial charge in [-0.3, -0.25) is 9.59 Å². The molecule has 22 heavy (non-hydrogen) atoms. The van der Waals surface area contributed by atoms with E-state index < -0.39 is 18.2 Å². The highest BCUT2D eigenvalue weighted by molar-refractivity contribution is 9.10. The summed E-state index contributed by atoms with van der Waals surface area (Å²) in [6.45, 7) is -2.92. The first-order chi connectivity index (χ1) is 10.5. The van der Waals surface area contributed by atoms with E-state index in [-0.39, 0.29) is 23.3 Å². The van der Waals surface area contributed by atoms with E-state index in [4.69, 9.17) is 0 Å². The quantitative estimate of drug-likeness (QED) is 0.577. The Balaban J connectivity index is 2.20. The fraction of sp³-hybridized carbons (Fsp3) is 0.125. The SMILES string of the molecule is O=C(C(=O)c1cccc(Br)c1)C1=CC=C(OC(F)F)CC=C1. The molecule has 0 atom stereocenters. The van der Waals surface area contributed by atoms with Gasteiger partial charge in [0.05, 0.1) is 0 Å². The summed E-state index contributed by atoms with van der Waals surface area (Å²) < 4.78 is 29.3. The second kappa shape index (κ2) is 7.26. The van der Waals surface area contributed by atoms with E-state index in [2.05, 4.69) is 20.7 Å². The molecular formula is C16H11BrF2O3. The molecule has 0 aliphatic heterocycles. The molecule has 114 valence electrons. The lowest BCUT2D eigenvalue weighted by molar-refractivity contribution is -0.111. The minimum atomic E-state index is -2.92. The average molecular weight is 369 g/mol. The van der Waals surface area contributed by atoms with E-state index in [1.54, 1.807) is 18.2 Å². The fourth-order valence-electron chi connectivity index (χ4n) is 1.85. The molecule has 1 aromatic rings. The molecule has 0 aromatic heterocycles. The predicted molar refractivity (Wildman–Crippen MR) is 80.5 cm³/mol. The highest BCUT2D eigenvalue weighted by Crippen LogP contribution is 2.18. The van der Waals surface area contributed by atoms with Crippen molar-refractivity contribution in [2.45, 2.75) is 13.0 Å². The van der Waals surface area contributed by atoms with E-state index in [1.807, 2.05) is 0 Å². The van der Waals surface area contributed by atoms with Gasteiger partial charge in [0.1, 0.15) is 5.76 Å². The van der Waals surface area contributed by atoms with Crippen LogP contribution in [0, 0.1) is 0 Å². The topological polar surface area (TPSA) is 43.4 Å². The van der Waals surface area contributed by atoms with E-state index in [1.165, 1.54) is 30.4 Å². The minimum Gasteiger partial charge on any atom is -0.439 e. The lowest BCUT2D eigenvalue weighted by Crippen LogP contribution is -2.15. The standard InChI is InChI=1S/C16H11BrF2O3/c17-12-5-1-4-11(9-12)15(21)14(20)10-3-2-6-13(8-7-10)22-16(18)19/h1-5,7-9,16H,6H2. The summed E-state index contributed by atoms with van der Waals surface area (Å²) in [6.07, 6.45) is 5.63. The molecule has 0 unspecified atom stereocenters. The number of alkyl halides is 2. The van der Waals surface area contributed by atoms with Gasteiger partial charge in [0.25, 0.3) is 0 Å². The van der Waals surface area contributed by atoms with Crippen molar-refractivity contribution in [3.8, 4) is 0 Å². The summed E-state index contributed by atoms with van der Waals surface area (Å²) in [5.41, 5.74) is 0.379. The first kappa shape index (κ1) is 16.3. The summed E-state index contributed by atoms with van der Waals surface area (Å²) >= 11 is 3.23. The third kappa shape index (κ3) is 4.21. The lowest BCUT2D eigenvalue weighted by Gasteiger charge is -2.04. The monoisotopic (exact) mass is 368 g/mol. The number of hydrogen-bond donors (Lipinski definition) is 0. The number of ether oxygens (including phenoxy) is 1. The Bertz CT molecular complexity index is 690. The highest BCUT2D eigenvalue weighted by atomic mass is 79.9. The molecule has 1 aliphatic carbocycles. The Morgan fingerprint density at radius 1 is 1.18 bits per heavy atom. The molecule has 1 aliphatic rings. The van der Waals surface area contributed by atoms with Gasteiger partial charge >= 0.3 is 6.61 Å². The first-order valence-electron chi connectivity index (χ1n) is 6.34. The van der Waals surface area contributed by atoms with Crippen LogP contribution in [0.3, 0.4) is 0 Å². The minimum absolute atomic E-state index is 0.0314. The molecule has 0 amide bonds. The maximum atomic E-state index is 12.2. The Hall–Kier alpha value is -2.08. The van der Waals surface area contributed by atoms with Gasteiger partial charge in [-0.1, -0.05) is 40.2 Å². The normalized spacial score (nSPS) is 14.2. The number of Topliss-reactive ketones (excluding diaryl/α,β-unsaturated/α-hetero) is 2. The molecule has 6 heteroatoms. The molecule has 0 bridgehead atoms. The molecular weight excluding hydrogens is 358 g/mol. The fourth-order valence-corrected chi connectivity index (χ4v) is 2.25. The summed E-state index contributed by atoms with van der Waals surface area (Å²) in [4.78, 5) is 24.3. The van der Waals surface area contributed by atoms with Crippen LogP contribution in [-0.2, 0) is 9.53 Å². The number of benzene rings is 1. The lowest BCUT2D eigenvalue weighted by atomic mass is 10.0. The molecule has 0 radical (unpaired) electrons. The average Bonchev–Trinajstić information content (AvgIpc) is 2.70. The molecule has 0 saturated carbocycles. The third-order valence-electron chi connectivity index (χ3n) is 2.86. The van der Waals surface area contributed by atoms with Crippen LogP contribution in [0.5, 0.6) is 0 Å². The molecule has 0 spiro atoms. The zero-order valence-electron chi connectivity index (χ0n) is 11.3. The van der Waals surface area contributed by atoms with Crippen LogP contribution in [-0.4, -0.2) is 18.2 Å². The molecule has 1 aromatic carbocycles. The molecule has 0 fully saturated rings. The Kier molecular flexibility index (Phi) is 5.38. The van der Waals surface area contributed by atoms with E-state index in [9.17, 15) is 18.4 Å². The summed E-state index contributed by atoms with van der Waals surface area (Å²) in [5.74, 6) is -1.34. The summed E-state index contributed by atoms with van der Waals surface area (Å²) in [5, 5.41) is 0. The van der Waals surface area contributed by atoms with E-state index in [0.29, 0.717) is 4.47 Å². The van der Waals surface area contributed by atoms with Crippen LogP contribution >= 0.6 is 15.9 Å². The second-order valence-electron chi connectivity index (χ2n) is 4.41. The molecule has 0 saturated heterocycles. The van der Waals surface area contributed by atoms with Crippen LogP contribution in [0.1, 0.15) is 16.8 Å². The van der Waals surface area contributed by atoms with Gasteiger partial charge in [-0.05, 0) is 24.3 Å². The van der Waals surface area contributed by atoms with Crippen LogP contribution < -0.4 is 0 Å². The van der Waals surface area contributed by atoms with Crippen molar-refractivity contribution in [2.75, 3.05) is 0 Å².